The van der Waals surface area contributed by atoms with Crippen molar-refractivity contribution >= 4 is 17.9 Å². The molecule has 1 aliphatic rings. The normalized spacial score (nSPS) is 18.9. The van der Waals surface area contributed by atoms with Gasteiger partial charge in [0.2, 0.25) is 5.91 Å². The third-order valence-electron chi connectivity index (χ3n) is 3.56. The van der Waals surface area contributed by atoms with Crippen LogP contribution in [0.5, 0.6) is 0 Å². The molecule has 4 nitrogen and oxygen atoms in total. The second kappa shape index (κ2) is 4.44. The molecule has 1 amide bonds. The van der Waals surface area contributed by atoms with Gasteiger partial charge in [-0.3, -0.25) is 9.59 Å². The van der Waals surface area contributed by atoms with Gasteiger partial charge < -0.3 is 9.80 Å². The second-order valence-electron chi connectivity index (χ2n) is 5.11. The maximum Gasteiger partial charge on any atom is 0.247 e. The van der Waals surface area contributed by atoms with Crippen molar-refractivity contribution in [2.75, 3.05) is 25.0 Å². The Labute approximate surface area is 107 Å². The molecule has 1 aromatic carbocycles. The van der Waals surface area contributed by atoms with Crippen LogP contribution in [0.4, 0.5) is 5.69 Å². The molecule has 0 aliphatic carbocycles. The van der Waals surface area contributed by atoms with Crippen molar-refractivity contribution in [2.45, 2.75) is 19.4 Å². The van der Waals surface area contributed by atoms with E-state index in [2.05, 4.69) is 0 Å². The van der Waals surface area contributed by atoms with Crippen molar-refractivity contribution in [3.8, 4) is 0 Å². The standard InChI is InChI=1S/C14H18N2O2/c1-14(2)13(18)15(3)8-9-16(14)12-7-5-4-6-11(12)10-17/h4-7,10H,8-9H2,1-3H3. The Bertz CT molecular complexity index is 482. The number of piperazine rings is 1. The van der Waals surface area contributed by atoms with E-state index in [4.69, 9.17) is 0 Å². The Morgan fingerprint density at radius 3 is 2.56 bits per heavy atom. The van der Waals surface area contributed by atoms with E-state index in [0.29, 0.717) is 12.1 Å². The number of amides is 1. The molecule has 4 heteroatoms. The van der Waals surface area contributed by atoms with E-state index >= 15 is 0 Å². The van der Waals surface area contributed by atoms with Crippen LogP contribution in [0.3, 0.4) is 0 Å². The van der Waals surface area contributed by atoms with Crippen molar-refractivity contribution in [1.82, 2.24) is 4.90 Å². The molecule has 0 bridgehead atoms. The summed E-state index contributed by atoms with van der Waals surface area (Å²) < 4.78 is 0. The van der Waals surface area contributed by atoms with Crippen molar-refractivity contribution in [1.29, 1.82) is 0 Å². The molecule has 0 spiro atoms. The lowest BCUT2D eigenvalue weighted by Gasteiger charge is -2.46. The van der Waals surface area contributed by atoms with Crippen LogP contribution >= 0.6 is 0 Å². The average molecular weight is 246 g/mol. The fourth-order valence-corrected chi connectivity index (χ4v) is 2.47. The SMILES string of the molecule is CN1CCN(c2ccccc2C=O)C(C)(C)C1=O. The highest BCUT2D eigenvalue weighted by Crippen LogP contribution is 2.30. The largest absolute Gasteiger partial charge is 0.355 e. The van der Waals surface area contributed by atoms with Gasteiger partial charge in [0.05, 0.1) is 0 Å². The van der Waals surface area contributed by atoms with Crippen molar-refractivity contribution < 1.29 is 9.59 Å². The Balaban J connectivity index is 2.44. The molecular formula is C14H18N2O2. The molecule has 1 saturated heterocycles. The summed E-state index contributed by atoms with van der Waals surface area (Å²) in [6, 6.07) is 7.39. The van der Waals surface area contributed by atoms with Crippen molar-refractivity contribution in [3.63, 3.8) is 0 Å². The molecule has 0 radical (unpaired) electrons. The molecular weight excluding hydrogens is 228 g/mol. The van der Waals surface area contributed by atoms with Gasteiger partial charge in [-0.2, -0.15) is 0 Å². The van der Waals surface area contributed by atoms with Gasteiger partial charge in [0.1, 0.15) is 5.54 Å². The molecule has 1 aliphatic heterocycles. The fourth-order valence-electron chi connectivity index (χ4n) is 2.47. The topological polar surface area (TPSA) is 40.6 Å². The monoisotopic (exact) mass is 246 g/mol. The summed E-state index contributed by atoms with van der Waals surface area (Å²) in [7, 11) is 1.81. The van der Waals surface area contributed by atoms with E-state index in [1.807, 2.05) is 44.0 Å². The number of aldehydes is 1. The van der Waals surface area contributed by atoms with Gasteiger partial charge in [-0.1, -0.05) is 12.1 Å². The van der Waals surface area contributed by atoms with Gasteiger partial charge in [0.25, 0.3) is 0 Å². The summed E-state index contributed by atoms with van der Waals surface area (Å²) >= 11 is 0. The zero-order chi connectivity index (χ0) is 13.3. The zero-order valence-electron chi connectivity index (χ0n) is 11.0. The van der Waals surface area contributed by atoms with Crippen LogP contribution in [0.1, 0.15) is 24.2 Å². The average Bonchev–Trinajstić information content (AvgIpc) is 2.36. The minimum Gasteiger partial charge on any atom is -0.355 e. The summed E-state index contributed by atoms with van der Waals surface area (Å²) in [4.78, 5) is 27.1. The molecule has 0 aromatic heterocycles. The van der Waals surface area contributed by atoms with E-state index < -0.39 is 5.54 Å². The molecule has 0 atom stereocenters. The Hall–Kier alpha value is -1.84. The number of likely N-dealkylation sites (N-methyl/N-ethyl adjacent to an activating group) is 1. The predicted octanol–water partition coefficient (Wildman–Crippen LogP) is 1.56. The quantitative estimate of drug-likeness (QED) is 0.743. The molecule has 1 heterocycles. The summed E-state index contributed by atoms with van der Waals surface area (Å²) in [5, 5.41) is 0. The lowest BCUT2D eigenvalue weighted by Crippen LogP contribution is -2.62. The summed E-state index contributed by atoms with van der Waals surface area (Å²) in [6.07, 6.45) is 0.841. The number of benzene rings is 1. The lowest BCUT2D eigenvalue weighted by molar-refractivity contribution is -0.136. The van der Waals surface area contributed by atoms with Gasteiger partial charge >= 0.3 is 0 Å². The van der Waals surface area contributed by atoms with E-state index in [1.165, 1.54) is 0 Å². The lowest BCUT2D eigenvalue weighted by atomic mass is 9.96. The molecule has 0 saturated carbocycles. The molecule has 0 N–H and O–H groups in total. The van der Waals surface area contributed by atoms with Crippen LogP contribution in [0.15, 0.2) is 24.3 Å². The first-order valence-corrected chi connectivity index (χ1v) is 6.06. The summed E-state index contributed by atoms with van der Waals surface area (Å²) in [6.45, 7) is 5.20. The van der Waals surface area contributed by atoms with Gasteiger partial charge in [0.15, 0.2) is 6.29 Å². The number of nitrogens with zero attached hydrogens (tertiary/aromatic N) is 2. The number of rotatable bonds is 2. The smallest absolute Gasteiger partial charge is 0.247 e. The Morgan fingerprint density at radius 2 is 1.89 bits per heavy atom. The van der Waals surface area contributed by atoms with Crippen molar-refractivity contribution in [2.24, 2.45) is 0 Å². The number of anilines is 1. The highest BCUT2D eigenvalue weighted by Gasteiger charge is 2.41. The molecule has 1 fully saturated rings. The van der Waals surface area contributed by atoms with Crippen LogP contribution in [0.2, 0.25) is 0 Å². The highest BCUT2D eigenvalue weighted by atomic mass is 16.2. The van der Waals surface area contributed by atoms with Crippen LogP contribution in [-0.4, -0.2) is 42.8 Å². The second-order valence-corrected chi connectivity index (χ2v) is 5.11. The maximum absolute atomic E-state index is 12.2. The molecule has 0 unspecified atom stereocenters. The predicted molar refractivity (Wildman–Crippen MR) is 70.9 cm³/mol. The zero-order valence-corrected chi connectivity index (χ0v) is 11.0. The first kappa shape index (κ1) is 12.6. The Kier molecular flexibility index (Phi) is 3.11. The number of hydrogen-bond donors (Lipinski definition) is 0. The van der Waals surface area contributed by atoms with Gasteiger partial charge in [0, 0.05) is 31.4 Å². The first-order chi connectivity index (χ1) is 8.48. The van der Waals surface area contributed by atoms with E-state index in [0.717, 1.165) is 18.5 Å². The van der Waals surface area contributed by atoms with Crippen LogP contribution in [0.25, 0.3) is 0 Å². The number of carbonyl (C=O) groups is 2. The first-order valence-electron chi connectivity index (χ1n) is 6.06. The fraction of sp³-hybridized carbons (Fsp3) is 0.429. The van der Waals surface area contributed by atoms with E-state index in [-0.39, 0.29) is 5.91 Å². The number of para-hydroxylation sites is 1. The van der Waals surface area contributed by atoms with Gasteiger partial charge in [-0.05, 0) is 26.0 Å². The highest BCUT2D eigenvalue weighted by molar-refractivity contribution is 5.93. The third kappa shape index (κ3) is 1.88. The Morgan fingerprint density at radius 1 is 1.22 bits per heavy atom. The van der Waals surface area contributed by atoms with Crippen molar-refractivity contribution in [3.05, 3.63) is 29.8 Å². The molecule has 18 heavy (non-hydrogen) atoms. The minimum atomic E-state index is -0.619. The molecule has 1 aromatic rings. The summed E-state index contributed by atoms with van der Waals surface area (Å²) in [5.74, 6) is 0.0782. The van der Waals surface area contributed by atoms with Crippen LogP contribution in [0, 0.1) is 0 Å². The minimum absolute atomic E-state index is 0.0782. The van der Waals surface area contributed by atoms with Gasteiger partial charge in [-0.15, -0.1) is 0 Å². The van der Waals surface area contributed by atoms with E-state index in [9.17, 15) is 9.59 Å². The summed E-state index contributed by atoms with van der Waals surface area (Å²) in [5.41, 5.74) is 0.841. The maximum atomic E-state index is 12.2. The van der Waals surface area contributed by atoms with Crippen LogP contribution in [-0.2, 0) is 4.79 Å². The third-order valence-corrected chi connectivity index (χ3v) is 3.56. The molecule has 96 valence electrons. The van der Waals surface area contributed by atoms with Gasteiger partial charge in [-0.25, -0.2) is 0 Å². The number of carbonyl (C=O) groups excluding carboxylic acids is 2. The van der Waals surface area contributed by atoms with E-state index in [1.54, 1.807) is 11.0 Å². The van der Waals surface area contributed by atoms with Crippen LogP contribution < -0.4 is 4.90 Å². The number of hydrogen-bond acceptors (Lipinski definition) is 3. The molecule has 2 rings (SSSR count).